The summed E-state index contributed by atoms with van der Waals surface area (Å²) in [6.45, 7) is 1.48. The minimum Gasteiger partial charge on any atom is -0.489 e. The van der Waals surface area contributed by atoms with Gasteiger partial charge in [0.1, 0.15) is 12.4 Å². The van der Waals surface area contributed by atoms with E-state index in [2.05, 4.69) is 54.0 Å². The van der Waals surface area contributed by atoms with Crippen molar-refractivity contribution in [3.05, 3.63) is 95.7 Å². The monoisotopic (exact) mass is 398 g/mol. The van der Waals surface area contributed by atoms with Crippen LogP contribution < -0.4 is 4.74 Å². The molecular weight excluding hydrogens is 372 g/mol. The fraction of sp³-hybridized carbons (Fsp3) is 0.192. The second kappa shape index (κ2) is 8.97. The highest BCUT2D eigenvalue weighted by Gasteiger charge is 2.13. The van der Waals surface area contributed by atoms with Crippen molar-refractivity contribution in [2.75, 3.05) is 20.6 Å². The van der Waals surface area contributed by atoms with Gasteiger partial charge in [-0.05, 0) is 62.0 Å². The van der Waals surface area contributed by atoms with E-state index in [-0.39, 0.29) is 0 Å². The zero-order chi connectivity index (χ0) is 20.9. The lowest BCUT2D eigenvalue weighted by Crippen LogP contribution is -2.14. The second-order valence-electron chi connectivity index (χ2n) is 7.71. The Hall–Kier alpha value is -3.37. The van der Waals surface area contributed by atoms with E-state index >= 15 is 0 Å². The predicted octanol–water partition coefficient (Wildman–Crippen LogP) is 5.13. The third kappa shape index (κ3) is 4.29. The molecule has 3 aromatic carbocycles. The minimum absolute atomic E-state index is 0.536. The standard InChI is InChI=1S/C26H26N2O2/c1-27(2)15-14-21-17-28(25-11-7-6-10-22(25)18-29)26-13-12-23(16-24(21)26)30-19-20-8-4-3-5-9-20/h3-13,16-18H,14-15,19H2,1-2H3. The van der Waals surface area contributed by atoms with Crippen LogP contribution in [-0.2, 0) is 13.0 Å². The number of benzene rings is 3. The van der Waals surface area contributed by atoms with Crippen molar-refractivity contribution < 1.29 is 9.53 Å². The SMILES string of the molecule is CN(C)CCc1cn(-c2ccccc2C=O)c2ccc(OCc3ccccc3)cc12. The summed E-state index contributed by atoms with van der Waals surface area (Å²) in [4.78, 5) is 13.8. The summed E-state index contributed by atoms with van der Waals surface area (Å²) in [7, 11) is 4.16. The second-order valence-corrected chi connectivity index (χ2v) is 7.71. The van der Waals surface area contributed by atoms with Crippen molar-refractivity contribution in [3.63, 3.8) is 0 Å². The molecule has 30 heavy (non-hydrogen) atoms. The molecule has 0 atom stereocenters. The van der Waals surface area contributed by atoms with Crippen LogP contribution >= 0.6 is 0 Å². The van der Waals surface area contributed by atoms with Crippen LogP contribution in [0.4, 0.5) is 0 Å². The molecule has 0 bridgehead atoms. The molecule has 152 valence electrons. The van der Waals surface area contributed by atoms with Crippen LogP contribution in [0, 0.1) is 0 Å². The van der Waals surface area contributed by atoms with E-state index < -0.39 is 0 Å². The molecule has 4 heteroatoms. The average Bonchev–Trinajstić information content (AvgIpc) is 3.14. The van der Waals surface area contributed by atoms with E-state index in [1.807, 2.05) is 48.5 Å². The quantitative estimate of drug-likeness (QED) is 0.386. The Labute approximate surface area is 177 Å². The molecule has 0 saturated carbocycles. The van der Waals surface area contributed by atoms with Crippen molar-refractivity contribution in [1.82, 2.24) is 9.47 Å². The molecule has 0 aliphatic carbocycles. The molecule has 0 spiro atoms. The van der Waals surface area contributed by atoms with Crippen LogP contribution in [0.3, 0.4) is 0 Å². The van der Waals surface area contributed by atoms with Gasteiger partial charge in [-0.15, -0.1) is 0 Å². The Morgan fingerprint density at radius 2 is 1.73 bits per heavy atom. The van der Waals surface area contributed by atoms with Crippen molar-refractivity contribution >= 4 is 17.2 Å². The molecule has 0 unspecified atom stereocenters. The average molecular weight is 399 g/mol. The summed E-state index contributed by atoms with van der Waals surface area (Å²) in [5, 5.41) is 1.16. The Balaban J connectivity index is 1.73. The third-order valence-electron chi connectivity index (χ3n) is 5.26. The number of aldehydes is 1. The van der Waals surface area contributed by atoms with Gasteiger partial charge in [-0.1, -0.05) is 42.5 Å². The molecule has 1 heterocycles. The fourth-order valence-electron chi connectivity index (χ4n) is 3.66. The lowest BCUT2D eigenvalue weighted by molar-refractivity contribution is 0.112. The van der Waals surface area contributed by atoms with Crippen LogP contribution in [-0.4, -0.2) is 36.4 Å². The highest BCUT2D eigenvalue weighted by Crippen LogP contribution is 2.30. The maximum Gasteiger partial charge on any atom is 0.152 e. The van der Waals surface area contributed by atoms with Gasteiger partial charge in [0.2, 0.25) is 0 Å². The number of carbonyl (C=O) groups is 1. The number of para-hydroxylation sites is 1. The van der Waals surface area contributed by atoms with Gasteiger partial charge in [0.25, 0.3) is 0 Å². The van der Waals surface area contributed by atoms with Crippen LogP contribution in [0.15, 0.2) is 79.0 Å². The summed E-state index contributed by atoms with van der Waals surface area (Å²) in [6, 6.07) is 24.1. The lowest BCUT2D eigenvalue weighted by atomic mass is 10.1. The third-order valence-corrected chi connectivity index (χ3v) is 5.26. The van der Waals surface area contributed by atoms with E-state index in [0.717, 1.165) is 47.2 Å². The summed E-state index contributed by atoms with van der Waals surface area (Å²) in [5.41, 5.74) is 5.03. The fourth-order valence-corrected chi connectivity index (χ4v) is 3.66. The maximum atomic E-state index is 11.6. The van der Waals surface area contributed by atoms with Crippen molar-refractivity contribution in [1.29, 1.82) is 0 Å². The van der Waals surface area contributed by atoms with Gasteiger partial charge in [0.05, 0.1) is 11.2 Å². The number of rotatable bonds is 8. The number of aromatic nitrogens is 1. The van der Waals surface area contributed by atoms with Crippen molar-refractivity contribution in [2.24, 2.45) is 0 Å². The summed E-state index contributed by atoms with van der Waals surface area (Å²) < 4.78 is 8.18. The topological polar surface area (TPSA) is 34.5 Å². The largest absolute Gasteiger partial charge is 0.489 e. The number of likely N-dealkylation sites (N-methyl/N-ethyl adjacent to an activating group) is 1. The first-order chi connectivity index (χ1) is 14.7. The van der Waals surface area contributed by atoms with Crippen LogP contribution in [0.5, 0.6) is 5.75 Å². The van der Waals surface area contributed by atoms with Crippen molar-refractivity contribution in [2.45, 2.75) is 13.0 Å². The number of hydrogen-bond donors (Lipinski definition) is 0. The number of nitrogens with zero attached hydrogens (tertiary/aromatic N) is 2. The molecule has 0 N–H and O–H groups in total. The van der Waals surface area contributed by atoms with E-state index in [9.17, 15) is 4.79 Å². The summed E-state index contributed by atoms with van der Waals surface area (Å²) in [5.74, 6) is 0.846. The van der Waals surface area contributed by atoms with Gasteiger partial charge in [-0.2, -0.15) is 0 Å². The molecule has 4 aromatic rings. The molecule has 1 aromatic heterocycles. The van der Waals surface area contributed by atoms with Gasteiger partial charge in [0.15, 0.2) is 6.29 Å². The molecular formula is C26H26N2O2. The summed E-state index contributed by atoms with van der Waals surface area (Å²) in [6.07, 6.45) is 3.98. The molecule has 0 amide bonds. The summed E-state index contributed by atoms with van der Waals surface area (Å²) >= 11 is 0. The Bertz CT molecular complexity index is 1150. The van der Waals surface area contributed by atoms with Crippen LogP contribution in [0.2, 0.25) is 0 Å². The van der Waals surface area contributed by atoms with Gasteiger partial charge in [-0.25, -0.2) is 0 Å². The minimum atomic E-state index is 0.536. The molecule has 4 rings (SSSR count). The molecule has 4 nitrogen and oxygen atoms in total. The molecule has 0 aliphatic rings. The van der Waals surface area contributed by atoms with E-state index in [0.29, 0.717) is 12.2 Å². The highest BCUT2D eigenvalue weighted by molar-refractivity contribution is 5.89. The Morgan fingerprint density at radius 3 is 2.50 bits per heavy atom. The smallest absolute Gasteiger partial charge is 0.152 e. The molecule has 0 radical (unpaired) electrons. The highest BCUT2D eigenvalue weighted by atomic mass is 16.5. The first-order valence-corrected chi connectivity index (χ1v) is 10.2. The van der Waals surface area contributed by atoms with Gasteiger partial charge in [0, 0.05) is 23.7 Å². The van der Waals surface area contributed by atoms with E-state index in [1.54, 1.807) is 0 Å². The van der Waals surface area contributed by atoms with Gasteiger partial charge in [-0.3, -0.25) is 4.79 Å². The number of ether oxygens (including phenoxy) is 1. The predicted molar refractivity (Wildman–Crippen MR) is 122 cm³/mol. The van der Waals surface area contributed by atoms with Crippen LogP contribution in [0.1, 0.15) is 21.5 Å². The van der Waals surface area contributed by atoms with E-state index in [1.165, 1.54) is 5.56 Å². The lowest BCUT2D eigenvalue weighted by Gasteiger charge is -2.10. The Morgan fingerprint density at radius 1 is 0.967 bits per heavy atom. The number of fused-ring (bicyclic) bond motifs is 1. The zero-order valence-corrected chi connectivity index (χ0v) is 17.4. The molecule has 0 aliphatic heterocycles. The zero-order valence-electron chi connectivity index (χ0n) is 17.4. The number of carbonyl (C=O) groups excluding carboxylic acids is 1. The normalized spacial score (nSPS) is 11.2. The van der Waals surface area contributed by atoms with E-state index in [4.69, 9.17) is 4.74 Å². The first kappa shape index (κ1) is 19.9. The maximum absolute atomic E-state index is 11.6. The molecule has 0 fully saturated rings. The molecule has 0 saturated heterocycles. The van der Waals surface area contributed by atoms with Crippen molar-refractivity contribution in [3.8, 4) is 11.4 Å². The number of hydrogen-bond acceptors (Lipinski definition) is 3. The van der Waals surface area contributed by atoms with Crippen LogP contribution in [0.25, 0.3) is 16.6 Å². The Kier molecular flexibility index (Phi) is 5.96. The van der Waals surface area contributed by atoms with Gasteiger partial charge < -0.3 is 14.2 Å². The first-order valence-electron chi connectivity index (χ1n) is 10.2. The van der Waals surface area contributed by atoms with Gasteiger partial charge >= 0.3 is 0 Å².